The van der Waals surface area contributed by atoms with Gasteiger partial charge in [0.15, 0.2) is 0 Å². The SMILES string of the molecule is C1=CCC(N(C2=CC=C(c3ccc(-c4ccccc4)cc3)CC2)c2ccc3c(c2)C2(c4ccccc4-c4ccccc42)c2cc(N(c4ccc(-c5ccccc5)cc4)c4ccc(-c5ccccc5)cc4)ccc2-3)C=C1. The third-order valence-corrected chi connectivity index (χ3v) is 16.1. The topological polar surface area (TPSA) is 6.48 Å². The maximum absolute atomic E-state index is 2.64. The third-order valence-electron chi connectivity index (χ3n) is 16.1. The molecule has 0 amide bonds. The van der Waals surface area contributed by atoms with Crippen molar-refractivity contribution in [2.75, 3.05) is 9.80 Å². The molecule has 14 rings (SSSR count). The second-order valence-corrected chi connectivity index (χ2v) is 20.2. The number of allylic oxidation sites excluding steroid dienone is 6. The highest BCUT2D eigenvalue weighted by atomic mass is 15.2. The molecule has 0 heterocycles. The number of nitrogens with zero attached hydrogens (tertiary/aromatic N) is 2. The van der Waals surface area contributed by atoms with Gasteiger partial charge in [0.2, 0.25) is 0 Å². The Kier molecular flexibility index (Phi) is 11.1. The molecule has 356 valence electrons. The van der Waals surface area contributed by atoms with Gasteiger partial charge in [0, 0.05) is 28.4 Å². The fourth-order valence-corrected chi connectivity index (χ4v) is 12.6. The van der Waals surface area contributed by atoms with Crippen molar-refractivity contribution in [1.29, 1.82) is 0 Å². The van der Waals surface area contributed by atoms with Crippen LogP contribution in [0.25, 0.3) is 61.2 Å². The highest BCUT2D eigenvalue weighted by Gasteiger charge is 2.52. The molecule has 0 radical (unpaired) electrons. The molecule has 0 saturated carbocycles. The minimum atomic E-state index is -0.558. The second-order valence-electron chi connectivity index (χ2n) is 20.2. The number of benzene rings is 10. The number of fused-ring (bicyclic) bond motifs is 10. The van der Waals surface area contributed by atoms with Gasteiger partial charge in [-0.2, -0.15) is 0 Å². The van der Waals surface area contributed by atoms with E-state index in [1.54, 1.807) is 0 Å². The normalized spacial score (nSPS) is 15.3. The van der Waals surface area contributed by atoms with Gasteiger partial charge in [0.25, 0.3) is 0 Å². The molecule has 2 nitrogen and oxygen atoms in total. The average molecular weight is 959 g/mol. The predicted octanol–water partition coefficient (Wildman–Crippen LogP) is 19.0. The Hall–Kier alpha value is -9.24. The van der Waals surface area contributed by atoms with Crippen LogP contribution in [0, 0.1) is 0 Å². The van der Waals surface area contributed by atoms with Crippen LogP contribution in [0.5, 0.6) is 0 Å². The van der Waals surface area contributed by atoms with E-state index in [-0.39, 0.29) is 6.04 Å². The van der Waals surface area contributed by atoms with E-state index in [1.807, 2.05) is 0 Å². The van der Waals surface area contributed by atoms with Gasteiger partial charge >= 0.3 is 0 Å². The smallest absolute Gasteiger partial charge is 0.0727 e. The molecule has 4 aliphatic carbocycles. The molecule has 75 heavy (non-hydrogen) atoms. The highest BCUT2D eigenvalue weighted by molar-refractivity contribution is 5.97. The summed E-state index contributed by atoms with van der Waals surface area (Å²) in [7, 11) is 0. The molecule has 10 aromatic rings. The minimum absolute atomic E-state index is 0.184. The summed E-state index contributed by atoms with van der Waals surface area (Å²) in [6, 6.07) is 92.4. The van der Waals surface area contributed by atoms with E-state index in [0.717, 1.165) is 36.3 Å². The van der Waals surface area contributed by atoms with Gasteiger partial charge < -0.3 is 9.80 Å². The van der Waals surface area contributed by atoms with Crippen LogP contribution in [0.2, 0.25) is 0 Å². The van der Waals surface area contributed by atoms with Crippen molar-refractivity contribution in [2.45, 2.75) is 30.7 Å². The highest BCUT2D eigenvalue weighted by Crippen LogP contribution is 2.64. The predicted molar refractivity (Wildman–Crippen MR) is 315 cm³/mol. The molecule has 0 N–H and O–H groups in total. The van der Waals surface area contributed by atoms with Crippen molar-refractivity contribution >= 4 is 28.3 Å². The number of hydrogen-bond donors (Lipinski definition) is 0. The summed E-state index contributed by atoms with van der Waals surface area (Å²) in [6.45, 7) is 0. The maximum atomic E-state index is 2.64. The fourth-order valence-electron chi connectivity index (χ4n) is 12.6. The van der Waals surface area contributed by atoms with E-state index in [1.165, 1.54) is 100 Å². The lowest BCUT2D eigenvalue weighted by Gasteiger charge is -2.37. The summed E-state index contributed by atoms with van der Waals surface area (Å²) in [5.41, 5.74) is 25.8. The van der Waals surface area contributed by atoms with Crippen molar-refractivity contribution in [1.82, 2.24) is 0 Å². The minimum Gasteiger partial charge on any atom is -0.338 e. The lowest BCUT2D eigenvalue weighted by Crippen LogP contribution is -2.34. The van der Waals surface area contributed by atoms with Crippen LogP contribution >= 0.6 is 0 Å². The molecule has 0 aliphatic heterocycles. The van der Waals surface area contributed by atoms with Crippen LogP contribution in [-0.4, -0.2) is 6.04 Å². The van der Waals surface area contributed by atoms with Gasteiger partial charge in [-0.3, -0.25) is 0 Å². The summed E-state index contributed by atoms with van der Waals surface area (Å²) in [6.07, 6.45) is 16.8. The van der Waals surface area contributed by atoms with E-state index in [2.05, 4.69) is 295 Å². The first kappa shape index (κ1) is 44.5. The summed E-state index contributed by atoms with van der Waals surface area (Å²) in [5.74, 6) is 0. The van der Waals surface area contributed by atoms with E-state index in [4.69, 9.17) is 0 Å². The van der Waals surface area contributed by atoms with Gasteiger partial charge in [0.1, 0.15) is 0 Å². The molecular formula is C73H54N2. The Labute approximate surface area is 440 Å². The first-order valence-corrected chi connectivity index (χ1v) is 26.5. The lowest BCUT2D eigenvalue weighted by molar-refractivity contribution is 0.720. The van der Waals surface area contributed by atoms with Crippen LogP contribution in [0.15, 0.2) is 291 Å². The number of hydrogen-bond acceptors (Lipinski definition) is 2. The van der Waals surface area contributed by atoms with Gasteiger partial charge in [-0.15, -0.1) is 0 Å². The van der Waals surface area contributed by atoms with Crippen LogP contribution in [0.3, 0.4) is 0 Å². The zero-order valence-electron chi connectivity index (χ0n) is 41.7. The van der Waals surface area contributed by atoms with Gasteiger partial charge in [-0.1, -0.05) is 231 Å². The quantitative estimate of drug-likeness (QED) is 0.135. The molecule has 0 bridgehead atoms. The number of rotatable bonds is 10. The van der Waals surface area contributed by atoms with Gasteiger partial charge in [0.05, 0.1) is 11.5 Å². The van der Waals surface area contributed by atoms with E-state index in [9.17, 15) is 0 Å². The second kappa shape index (κ2) is 18.7. The fraction of sp³-hybridized carbons (Fsp3) is 0.0685. The van der Waals surface area contributed by atoms with Crippen LogP contribution in [-0.2, 0) is 5.41 Å². The molecule has 1 atom stereocenters. The summed E-state index contributed by atoms with van der Waals surface area (Å²) in [5, 5.41) is 0. The molecule has 0 fully saturated rings. The number of anilines is 4. The molecular weight excluding hydrogens is 905 g/mol. The summed E-state index contributed by atoms with van der Waals surface area (Å²) >= 11 is 0. The Morgan fingerprint density at radius 3 is 1.25 bits per heavy atom. The summed E-state index contributed by atoms with van der Waals surface area (Å²) < 4.78 is 0. The maximum Gasteiger partial charge on any atom is 0.0727 e. The van der Waals surface area contributed by atoms with E-state index >= 15 is 0 Å². The molecule has 0 aromatic heterocycles. The third kappa shape index (κ3) is 7.64. The molecule has 0 saturated heterocycles. The van der Waals surface area contributed by atoms with E-state index < -0.39 is 5.41 Å². The first-order valence-electron chi connectivity index (χ1n) is 26.5. The van der Waals surface area contributed by atoms with Crippen LogP contribution in [0.4, 0.5) is 22.7 Å². The zero-order valence-corrected chi connectivity index (χ0v) is 41.7. The molecule has 4 aliphatic rings. The molecule has 1 unspecified atom stereocenters. The van der Waals surface area contributed by atoms with Crippen molar-refractivity contribution in [3.63, 3.8) is 0 Å². The Balaban J connectivity index is 0.913. The van der Waals surface area contributed by atoms with Crippen molar-refractivity contribution in [3.05, 3.63) is 319 Å². The molecule has 1 spiro atoms. The van der Waals surface area contributed by atoms with Crippen LogP contribution in [0.1, 0.15) is 47.1 Å². The first-order chi connectivity index (χ1) is 37.2. The van der Waals surface area contributed by atoms with Gasteiger partial charge in [-0.25, -0.2) is 0 Å². The van der Waals surface area contributed by atoms with Crippen molar-refractivity contribution in [2.24, 2.45) is 0 Å². The largest absolute Gasteiger partial charge is 0.338 e. The molecule has 10 aromatic carbocycles. The molecule has 2 heteroatoms. The standard InChI is InChI=1S/C73H54N2/c1-5-17-51(18-6-1)54-29-31-55(32-30-54)58-37-43-60(44-38-58)74(59-23-11-4-12-24-59)63-45-47-67-68-48-46-64(50-72(68)73(71(67)49-63)69-27-15-13-25-65(69)66-26-14-16-28-70(66)73)75(61-39-33-56(34-40-61)52-19-7-2-8-20-52)62-41-35-57(36-42-62)53-21-9-3-10-22-53/h1-23,25-37,39-43,45-50,59H,24,38,44H2. The van der Waals surface area contributed by atoms with Crippen molar-refractivity contribution in [3.8, 4) is 55.6 Å². The van der Waals surface area contributed by atoms with Crippen molar-refractivity contribution < 1.29 is 0 Å². The van der Waals surface area contributed by atoms with Crippen LogP contribution < -0.4 is 9.80 Å². The summed E-state index contributed by atoms with van der Waals surface area (Å²) in [4.78, 5) is 5.08. The van der Waals surface area contributed by atoms with Gasteiger partial charge in [-0.05, 0) is 163 Å². The van der Waals surface area contributed by atoms with E-state index in [0.29, 0.717) is 0 Å². The zero-order chi connectivity index (χ0) is 49.7. The monoisotopic (exact) mass is 958 g/mol. The lowest BCUT2D eigenvalue weighted by atomic mass is 9.70. The Morgan fingerprint density at radius 1 is 0.333 bits per heavy atom. The average Bonchev–Trinajstić information content (AvgIpc) is 3.98. The Bertz CT molecular complexity index is 3750. The Morgan fingerprint density at radius 2 is 0.760 bits per heavy atom.